The fourth-order valence-corrected chi connectivity index (χ4v) is 2.64. The van der Waals surface area contributed by atoms with Gasteiger partial charge in [-0.1, -0.05) is 25.4 Å². The molecule has 0 saturated carbocycles. The minimum atomic E-state index is 0.226. The maximum absolute atomic E-state index is 6.22. The van der Waals surface area contributed by atoms with Gasteiger partial charge in [-0.2, -0.15) is 5.10 Å². The third-order valence-corrected chi connectivity index (χ3v) is 3.72. The number of halogens is 1. The van der Waals surface area contributed by atoms with Crippen molar-refractivity contribution >= 4 is 11.6 Å². The van der Waals surface area contributed by atoms with Gasteiger partial charge in [0.1, 0.15) is 0 Å². The fraction of sp³-hybridized carbons (Fsp3) is 0.467. The molecule has 0 aliphatic rings. The lowest BCUT2D eigenvalue weighted by atomic mass is 9.99. The molecule has 4 nitrogen and oxygen atoms in total. The summed E-state index contributed by atoms with van der Waals surface area (Å²) >= 11 is 6.22. The predicted octanol–water partition coefficient (Wildman–Crippen LogP) is 2.92. The second-order valence-electron chi connectivity index (χ2n) is 4.84. The SMILES string of the molecule is CCNC(Cc1ccncc1Cl)c1cn(C)nc1CC. The Labute approximate surface area is 125 Å². The number of likely N-dealkylation sites (N-methyl/N-ethyl adjacent to an activating group) is 1. The Hall–Kier alpha value is -1.39. The molecule has 1 N–H and O–H groups in total. The molecule has 0 amide bonds. The zero-order chi connectivity index (χ0) is 14.5. The van der Waals surface area contributed by atoms with E-state index >= 15 is 0 Å². The van der Waals surface area contributed by atoms with E-state index in [0.29, 0.717) is 0 Å². The summed E-state index contributed by atoms with van der Waals surface area (Å²) in [5.74, 6) is 0. The van der Waals surface area contributed by atoms with E-state index in [0.717, 1.165) is 35.7 Å². The molecule has 0 saturated heterocycles. The first-order valence-corrected chi connectivity index (χ1v) is 7.37. The van der Waals surface area contributed by atoms with Crippen LogP contribution in [0.5, 0.6) is 0 Å². The molecule has 1 atom stereocenters. The van der Waals surface area contributed by atoms with Crippen molar-refractivity contribution < 1.29 is 0 Å². The summed E-state index contributed by atoms with van der Waals surface area (Å²) in [6, 6.07) is 2.21. The van der Waals surface area contributed by atoms with Crippen LogP contribution < -0.4 is 5.32 Å². The van der Waals surface area contributed by atoms with Crippen LogP contribution in [0.4, 0.5) is 0 Å². The molecular formula is C15H21ClN4. The zero-order valence-corrected chi connectivity index (χ0v) is 13.0. The van der Waals surface area contributed by atoms with E-state index in [9.17, 15) is 0 Å². The Balaban J connectivity index is 2.29. The van der Waals surface area contributed by atoms with Gasteiger partial charge in [-0.05, 0) is 31.0 Å². The van der Waals surface area contributed by atoms with Crippen molar-refractivity contribution in [2.45, 2.75) is 32.7 Å². The number of hydrogen-bond acceptors (Lipinski definition) is 3. The molecule has 2 rings (SSSR count). The molecule has 5 heteroatoms. The van der Waals surface area contributed by atoms with Crippen molar-refractivity contribution in [2.75, 3.05) is 6.54 Å². The van der Waals surface area contributed by atoms with Gasteiger partial charge >= 0.3 is 0 Å². The lowest BCUT2D eigenvalue weighted by Crippen LogP contribution is -2.23. The van der Waals surface area contributed by atoms with E-state index in [-0.39, 0.29) is 6.04 Å². The van der Waals surface area contributed by atoms with Crippen molar-refractivity contribution in [1.29, 1.82) is 0 Å². The molecule has 0 aliphatic carbocycles. The first-order chi connectivity index (χ1) is 9.65. The van der Waals surface area contributed by atoms with Gasteiger partial charge in [-0.3, -0.25) is 9.67 Å². The van der Waals surface area contributed by atoms with Crippen molar-refractivity contribution in [3.8, 4) is 0 Å². The second-order valence-corrected chi connectivity index (χ2v) is 5.25. The summed E-state index contributed by atoms with van der Waals surface area (Å²) in [6.45, 7) is 5.16. The standard InChI is InChI=1S/C15H21ClN4/c1-4-14-12(10-20(3)19-14)15(18-5-2)8-11-6-7-17-9-13(11)16/h6-7,9-10,15,18H,4-5,8H2,1-3H3. The Morgan fingerprint density at radius 2 is 2.20 bits per heavy atom. The van der Waals surface area contributed by atoms with Gasteiger partial charge in [-0.25, -0.2) is 0 Å². The summed E-state index contributed by atoms with van der Waals surface area (Å²) in [4.78, 5) is 4.04. The molecule has 0 aromatic carbocycles. The van der Waals surface area contributed by atoms with Gasteiger partial charge in [0.15, 0.2) is 0 Å². The average Bonchev–Trinajstić information content (AvgIpc) is 2.82. The Kier molecular flexibility index (Phi) is 5.15. The lowest BCUT2D eigenvalue weighted by Gasteiger charge is -2.18. The Morgan fingerprint density at radius 3 is 2.85 bits per heavy atom. The van der Waals surface area contributed by atoms with Crippen LogP contribution in [-0.4, -0.2) is 21.3 Å². The van der Waals surface area contributed by atoms with Crippen LogP contribution in [0.1, 0.15) is 36.7 Å². The molecule has 2 aromatic heterocycles. The van der Waals surface area contributed by atoms with Crippen LogP contribution >= 0.6 is 11.6 Å². The van der Waals surface area contributed by atoms with Gasteiger partial charge in [-0.15, -0.1) is 0 Å². The van der Waals surface area contributed by atoms with Gasteiger partial charge in [0.25, 0.3) is 0 Å². The molecule has 0 aliphatic heterocycles. The molecule has 0 radical (unpaired) electrons. The Morgan fingerprint density at radius 1 is 1.40 bits per heavy atom. The minimum absolute atomic E-state index is 0.226. The van der Waals surface area contributed by atoms with E-state index in [1.54, 1.807) is 12.4 Å². The van der Waals surface area contributed by atoms with Crippen LogP contribution in [0.25, 0.3) is 0 Å². The van der Waals surface area contributed by atoms with E-state index in [2.05, 4.69) is 35.4 Å². The summed E-state index contributed by atoms with van der Waals surface area (Å²) in [6.07, 6.45) is 7.36. The van der Waals surface area contributed by atoms with Crippen LogP contribution in [0.15, 0.2) is 24.7 Å². The molecule has 0 spiro atoms. The summed E-state index contributed by atoms with van der Waals surface area (Å²) < 4.78 is 1.88. The number of pyridine rings is 1. The van der Waals surface area contributed by atoms with Gasteiger partial charge in [0, 0.05) is 37.2 Å². The van der Waals surface area contributed by atoms with Crippen LogP contribution in [0.2, 0.25) is 5.02 Å². The van der Waals surface area contributed by atoms with Crippen LogP contribution in [-0.2, 0) is 19.9 Å². The van der Waals surface area contributed by atoms with E-state index in [4.69, 9.17) is 11.6 Å². The predicted molar refractivity (Wildman–Crippen MR) is 82.0 cm³/mol. The largest absolute Gasteiger partial charge is 0.310 e. The molecule has 0 bridgehead atoms. The summed E-state index contributed by atoms with van der Waals surface area (Å²) in [5.41, 5.74) is 3.51. The topological polar surface area (TPSA) is 42.7 Å². The average molecular weight is 293 g/mol. The molecule has 0 fully saturated rings. The number of rotatable bonds is 6. The monoisotopic (exact) mass is 292 g/mol. The smallest absolute Gasteiger partial charge is 0.0669 e. The number of aromatic nitrogens is 3. The third-order valence-electron chi connectivity index (χ3n) is 3.38. The van der Waals surface area contributed by atoms with Gasteiger partial charge in [0.05, 0.1) is 10.7 Å². The van der Waals surface area contributed by atoms with E-state index in [1.807, 2.05) is 17.8 Å². The third kappa shape index (κ3) is 3.38. The lowest BCUT2D eigenvalue weighted by molar-refractivity contribution is 0.545. The summed E-state index contributed by atoms with van der Waals surface area (Å²) in [7, 11) is 1.96. The molecule has 20 heavy (non-hydrogen) atoms. The van der Waals surface area contributed by atoms with E-state index < -0.39 is 0 Å². The highest BCUT2D eigenvalue weighted by atomic mass is 35.5. The highest BCUT2D eigenvalue weighted by Gasteiger charge is 2.18. The van der Waals surface area contributed by atoms with Crippen LogP contribution in [0.3, 0.4) is 0 Å². The molecular weight excluding hydrogens is 272 g/mol. The van der Waals surface area contributed by atoms with Gasteiger partial charge < -0.3 is 5.32 Å². The number of nitrogens with zero attached hydrogens (tertiary/aromatic N) is 3. The maximum atomic E-state index is 6.22. The minimum Gasteiger partial charge on any atom is -0.310 e. The fourth-order valence-electron chi connectivity index (χ4n) is 2.45. The zero-order valence-electron chi connectivity index (χ0n) is 12.2. The number of hydrogen-bond donors (Lipinski definition) is 1. The van der Waals surface area contributed by atoms with E-state index in [1.165, 1.54) is 5.56 Å². The molecule has 1 unspecified atom stereocenters. The molecule has 2 aromatic rings. The van der Waals surface area contributed by atoms with Crippen molar-refractivity contribution in [1.82, 2.24) is 20.1 Å². The first-order valence-electron chi connectivity index (χ1n) is 6.99. The summed E-state index contributed by atoms with van der Waals surface area (Å²) in [5, 5.41) is 8.78. The Bertz CT molecular complexity index is 565. The maximum Gasteiger partial charge on any atom is 0.0669 e. The highest BCUT2D eigenvalue weighted by molar-refractivity contribution is 6.31. The first kappa shape index (κ1) is 15.0. The normalized spacial score (nSPS) is 12.6. The van der Waals surface area contributed by atoms with Crippen molar-refractivity contribution in [3.63, 3.8) is 0 Å². The van der Waals surface area contributed by atoms with Crippen molar-refractivity contribution in [3.05, 3.63) is 46.5 Å². The number of nitrogens with one attached hydrogen (secondary N) is 1. The highest BCUT2D eigenvalue weighted by Crippen LogP contribution is 2.25. The van der Waals surface area contributed by atoms with Crippen molar-refractivity contribution in [2.24, 2.45) is 7.05 Å². The quantitative estimate of drug-likeness (QED) is 0.890. The van der Waals surface area contributed by atoms with Gasteiger partial charge in [0.2, 0.25) is 0 Å². The number of aryl methyl sites for hydroxylation is 2. The molecule has 108 valence electrons. The van der Waals surface area contributed by atoms with Crippen LogP contribution in [0, 0.1) is 0 Å². The second kappa shape index (κ2) is 6.86. The molecule has 2 heterocycles.